The first kappa shape index (κ1) is 19.6. The van der Waals surface area contributed by atoms with Crippen LogP contribution in [0.2, 0.25) is 0 Å². The molecule has 2 aromatic rings. The van der Waals surface area contributed by atoms with E-state index in [0.717, 1.165) is 29.0 Å². The molecule has 1 saturated carbocycles. The minimum atomic E-state index is -1.33. The maximum absolute atomic E-state index is 14.8. The molecule has 2 fully saturated rings. The van der Waals surface area contributed by atoms with Crippen molar-refractivity contribution in [3.63, 3.8) is 0 Å². The Labute approximate surface area is 160 Å². The van der Waals surface area contributed by atoms with Gasteiger partial charge in [-0.25, -0.2) is 13.6 Å². The second kappa shape index (κ2) is 6.76. The number of hydrogen-bond donors (Lipinski definition) is 2. The van der Waals surface area contributed by atoms with Crippen molar-refractivity contribution in [2.75, 3.05) is 18.0 Å². The molecule has 27 heavy (non-hydrogen) atoms. The normalized spacial score (nSPS) is 22.1. The van der Waals surface area contributed by atoms with Crippen LogP contribution in [0.4, 0.5) is 14.5 Å². The Bertz CT molecular complexity index is 980. The predicted octanol–water partition coefficient (Wildman–Crippen LogP) is 2.23. The summed E-state index contributed by atoms with van der Waals surface area (Å²) in [4.78, 5) is 25.5. The Kier molecular flexibility index (Phi) is 4.90. The average Bonchev–Trinajstić information content (AvgIpc) is 3.35. The molecule has 3 heterocycles. The van der Waals surface area contributed by atoms with Crippen molar-refractivity contribution in [1.29, 1.82) is 0 Å². The van der Waals surface area contributed by atoms with E-state index < -0.39 is 29.6 Å². The first-order valence-electron chi connectivity index (χ1n) is 8.55. The molecule has 4 rings (SSSR count). The molecule has 1 aliphatic carbocycles. The highest BCUT2D eigenvalue weighted by molar-refractivity contribution is 5.89. The molecule has 9 heteroatoms. The average molecular weight is 400 g/mol. The van der Waals surface area contributed by atoms with Crippen molar-refractivity contribution in [2.24, 2.45) is 5.73 Å². The van der Waals surface area contributed by atoms with Gasteiger partial charge in [0, 0.05) is 6.54 Å². The molecule has 2 atom stereocenters. The number of anilines is 1. The van der Waals surface area contributed by atoms with Crippen molar-refractivity contribution in [1.82, 2.24) is 4.40 Å². The molecule has 0 unspecified atom stereocenters. The van der Waals surface area contributed by atoms with E-state index in [4.69, 9.17) is 5.73 Å². The Morgan fingerprint density at radius 2 is 2.00 bits per heavy atom. The van der Waals surface area contributed by atoms with Gasteiger partial charge >= 0.3 is 5.97 Å². The molecular weight excluding hydrogens is 380 g/mol. The largest absolute Gasteiger partial charge is 0.477 e. The molecule has 1 saturated heterocycles. The number of aromatic carboxylic acids is 1. The minimum Gasteiger partial charge on any atom is -0.477 e. The van der Waals surface area contributed by atoms with Crippen LogP contribution in [0.15, 0.2) is 17.1 Å². The molecule has 1 aliphatic heterocycles. The number of alkyl halides is 1. The Morgan fingerprint density at radius 1 is 1.33 bits per heavy atom. The quantitative estimate of drug-likeness (QED) is 0.826. The summed E-state index contributed by atoms with van der Waals surface area (Å²) in [7, 11) is 0. The van der Waals surface area contributed by atoms with Gasteiger partial charge in [0.2, 0.25) is 0 Å². The van der Waals surface area contributed by atoms with Gasteiger partial charge in [-0.1, -0.05) is 0 Å². The number of carboxylic acid groups (broad SMARTS) is 1. The third-order valence-electron chi connectivity index (χ3n) is 5.30. The van der Waals surface area contributed by atoms with E-state index in [9.17, 15) is 23.5 Å². The molecule has 3 N–H and O–H groups in total. The summed E-state index contributed by atoms with van der Waals surface area (Å²) >= 11 is 0. The molecule has 0 radical (unpaired) electrons. The van der Waals surface area contributed by atoms with E-state index in [-0.39, 0.29) is 42.7 Å². The number of pyridine rings is 2. The zero-order valence-electron chi connectivity index (χ0n) is 14.6. The molecule has 2 aromatic heterocycles. The number of aromatic nitrogens is 1. The highest BCUT2D eigenvalue weighted by Gasteiger charge is 2.34. The zero-order chi connectivity index (χ0) is 18.7. The summed E-state index contributed by atoms with van der Waals surface area (Å²) < 4.78 is 29.8. The first-order chi connectivity index (χ1) is 12.3. The van der Waals surface area contributed by atoms with Gasteiger partial charge < -0.3 is 15.7 Å². The fourth-order valence-corrected chi connectivity index (χ4v) is 3.86. The third kappa shape index (κ3) is 3.06. The van der Waals surface area contributed by atoms with E-state index in [1.54, 1.807) is 11.8 Å². The topological polar surface area (TPSA) is 88.0 Å². The monoisotopic (exact) mass is 399 g/mol. The van der Waals surface area contributed by atoms with Gasteiger partial charge in [0.05, 0.1) is 30.0 Å². The lowest BCUT2D eigenvalue weighted by atomic mass is 10.0. The van der Waals surface area contributed by atoms with E-state index >= 15 is 0 Å². The minimum absolute atomic E-state index is 0. The van der Waals surface area contributed by atoms with Crippen LogP contribution >= 0.6 is 12.4 Å². The van der Waals surface area contributed by atoms with E-state index in [1.807, 2.05) is 0 Å². The van der Waals surface area contributed by atoms with Gasteiger partial charge in [-0.2, -0.15) is 0 Å². The molecule has 6 nitrogen and oxygen atoms in total. The van der Waals surface area contributed by atoms with Gasteiger partial charge in [-0.05, 0) is 42.9 Å². The Morgan fingerprint density at radius 3 is 2.52 bits per heavy atom. The van der Waals surface area contributed by atoms with Gasteiger partial charge in [0.25, 0.3) is 5.56 Å². The lowest BCUT2D eigenvalue weighted by Gasteiger charge is -2.23. The van der Waals surface area contributed by atoms with Crippen molar-refractivity contribution in [3.05, 3.63) is 45.1 Å². The molecule has 0 bridgehead atoms. The summed E-state index contributed by atoms with van der Waals surface area (Å²) in [6, 6.07) is 0.713. The molecule has 2 aliphatic rings. The van der Waals surface area contributed by atoms with Crippen LogP contribution < -0.4 is 16.2 Å². The molecule has 0 spiro atoms. The fraction of sp³-hybridized carbons (Fsp3) is 0.444. The number of hydrogen-bond acceptors (Lipinski definition) is 4. The molecular formula is C18H20ClF2N3O3. The molecule has 0 aromatic carbocycles. The van der Waals surface area contributed by atoms with E-state index in [2.05, 4.69) is 0 Å². The Balaban J connectivity index is 0.00000210. The number of aryl methyl sites for hydroxylation is 1. The summed E-state index contributed by atoms with van der Waals surface area (Å²) in [6.45, 7) is 1.85. The van der Waals surface area contributed by atoms with Crippen LogP contribution in [-0.4, -0.2) is 40.8 Å². The smallest absolute Gasteiger partial charge is 0.341 e. The lowest BCUT2D eigenvalue weighted by Crippen LogP contribution is -2.31. The summed E-state index contributed by atoms with van der Waals surface area (Å²) in [5.41, 5.74) is 6.54. The predicted molar refractivity (Wildman–Crippen MR) is 99.6 cm³/mol. The van der Waals surface area contributed by atoms with Crippen LogP contribution in [0.5, 0.6) is 0 Å². The van der Waals surface area contributed by atoms with Crippen molar-refractivity contribution in [3.8, 4) is 0 Å². The van der Waals surface area contributed by atoms with E-state index in [1.165, 1.54) is 6.07 Å². The summed E-state index contributed by atoms with van der Waals surface area (Å²) in [6.07, 6.45) is 1.54. The summed E-state index contributed by atoms with van der Waals surface area (Å²) in [5.74, 6) is -1.88. The number of nitrogens with zero attached hydrogens (tertiary/aromatic N) is 2. The van der Waals surface area contributed by atoms with Crippen molar-refractivity contribution >= 4 is 29.6 Å². The van der Waals surface area contributed by atoms with Crippen molar-refractivity contribution < 1.29 is 18.7 Å². The van der Waals surface area contributed by atoms with Crippen LogP contribution in [0, 0.1) is 12.7 Å². The number of carbonyl (C=O) groups is 1. The maximum Gasteiger partial charge on any atom is 0.341 e. The van der Waals surface area contributed by atoms with Gasteiger partial charge in [0.1, 0.15) is 11.7 Å². The second-order valence-corrected chi connectivity index (χ2v) is 7.15. The number of rotatable bonds is 3. The van der Waals surface area contributed by atoms with Crippen LogP contribution in [0.1, 0.15) is 40.2 Å². The molecule has 0 amide bonds. The third-order valence-corrected chi connectivity index (χ3v) is 5.30. The second-order valence-electron chi connectivity index (χ2n) is 7.15. The van der Waals surface area contributed by atoms with Gasteiger partial charge in [-0.3, -0.25) is 9.20 Å². The first-order valence-corrected chi connectivity index (χ1v) is 8.55. The number of nitrogens with two attached hydrogens (primary N) is 1. The van der Waals surface area contributed by atoms with Crippen LogP contribution in [0.25, 0.3) is 5.52 Å². The van der Waals surface area contributed by atoms with Crippen molar-refractivity contribution in [2.45, 2.75) is 37.9 Å². The van der Waals surface area contributed by atoms with E-state index in [0.29, 0.717) is 11.1 Å². The summed E-state index contributed by atoms with van der Waals surface area (Å²) in [5, 5.41) is 9.31. The van der Waals surface area contributed by atoms with Gasteiger partial charge in [0.15, 0.2) is 5.82 Å². The standard InChI is InChI=1S/C18H19F2N3O3.ClH/c1-8-15-10(9-2-3-9)4-11(18(25)26)17(24)23(15)6-13(20)16(8)22-5-12(19)14(21)7-22;/h4,6,9,12,14H,2-3,5,7,21H2,1H3,(H,25,26);1H/t12-,14+;/m0./s1. The zero-order valence-corrected chi connectivity index (χ0v) is 15.4. The Hall–Kier alpha value is -2.19. The number of carboxylic acids is 1. The highest BCUT2D eigenvalue weighted by Crippen LogP contribution is 2.44. The fourth-order valence-electron chi connectivity index (χ4n) is 3.86. The highest BCUT2D eigenvalue weighted by atomic mass is 35.5. The number of halogens is 3. The molecule has 146 valence electrons. The maximum atomic E-state index is 14.8. The van der Waals surface area contributed by atoms with Gasteiger partial charge in [-0.15, -0.1) is 12.4 Å². The van der Waals surface area contributed by atoms with Crippen LogP contribution in [-0.2, 0) is 0 Å². The number of fused-ring (bicyclic) bond motifs is 1. The van der Waals surface area contributed by atoms with Crippen LogP contribution in [0.3, 0.4) is 0 Å². The SMILES string of the molecule is Cc1c(N2C[C@@H](N)[C@@H](F)C2)c(F)cn2c(=O)c(C(=O)O)cc(C3CC3)c12.Cl. The lowest BCUT2D eigenvalue weighted by molar-refractivity contribution is 0.0694.